The minimum atomic E-state index is -0.519. The number of carbonyl (C=O) groups is 1. The highest BCUT2D eigenvalue weighted by Gasteiger charge is 2.15. The molecule has 1 aromatic heterocycles. The molecule has 0 saturated carbocycles. The third kappa shape index (κ3) is 5.00. The van der Waals surface area contributed by atoms with Crippen LogP contribution in [0.1, 0.15) is 26.3 Å². The summed E-state index contributed by atoms with van der Waals surface area (Å²) in [5, 5.41) is 16.3. The molecule has 0 spiro atoms. The second kappa shape index (κ2) is 7.37. The average Bonchev–Trinajstić information content (AvgIpc) is 2.93. The van der Waals surface area contributed by atoms with Crippen LogP contribution in [0.2, 0.25) is 5.02 Å². The van der Waals surface area contributed by atoms with Gasteiger partial charge < -0.3 is 10.1 Å². The molecule has 0 saturated heterocycles. The second-order valence-electron chi connectivity index (χ2n) is 6.23. The van der Waals surface area contributed by atoms with Gasteiger partial charge in [-0.2, -0.15) is 10.4 Å². The lowest BCUT2D eigenvalue weighted by Crippen LogP contribution is -2.34. The van der Waals surface area contributed by atoms with Gasteiger partial charge in [0.05, 0.1) is 24.4 Å². The summed E-state index contributed by atoms with van der Waals surface area (Å²) in [5.41, 5.74) is 1.65. The van der Waals surface area contributed by atoms with E-state index in [1.54, 1.807) is 29.1 Å². The van der Waals surface area contributed by atoms with Crippen molar-refractivity contribution in [2.24, 2.45) is 0 Å². The van der Waals surface area contributed by atoms with E-state index in [2.05, 4.69) is 10.4 Å². The van der Waals surface area contributed by atoms with Gasteiger partial charge in [-0.3, -0.25) is 4.68 Å². The first kappa shape index (κ1) is 17.8. The van der Waals surface area contributed by atoms with Gasteiger partial charge in [0.1, 0.15) is 5.60 Å². The lowest BCUT2D eigenvalue weighted by Gasteiger charge is -2.19. The Kier molecular flexibility index (Phi) is 5.47. The van der Waals surface area contributed by atoms with Crippen LogP contribution < -0.4 is 5.32 Å². The maximum Gasteiger partial charge on any atom is 0.407 e. The zero-order valence-electron chi connectivity index (χ0n) is 13.8. The Morgan fingerprint density at radius 3 is 2.83 bits per heavy atom. The van der Waals surface area contributed by atoms with Crippen LogP contribution in [-0.4, -0.2) is 28.0 Å². The molecule has 0 aliphatic carbocycles. The lowest BCUT2D eigenvalue weighted by atomic mass is 10.1. The van der Waals surface area contributed by atoms with Crippen molar-refractivity contribution in [3.8, 4) is 17.2 Å². The molecule has 0 radical (unpaired) electrons. The van der Waals surface area contributed by atoms with Crippen molar-refractivity contribution < 1.29 is 9.53 Å². The van der Waals surface area contributed by atoms with E-state index in [4.69, 9.17) is 21.6 Å². The third-order valence-corrected chi connectivity index (χ3v) is 3.36. The molecule has 0 aliphatic rings. The quantitative estimate of drug-likeness (QED) is 0.917. The third-order valence-electron chi connectivity index (χ3n) is 3.05. The molecule has 0 aliphatic heterocycles. The minimum Gasteiger partial charge on any atom is -0.444 e. The van der Waals surface area contributed by atoms with Gasteiger partial charge in [-0.15, -0.1) is 0 Å². The van der Waals surface area contributed by atoms with Crippen molar-refractivity contribution in [3.63, 3.8) is 0 Å². The summed E-state index contributed by atoms with van der Waals surface area (Å²) < 4.78 is 6.87. The highest BCUT2D eigenvalue weighted by atomic mass is 35.5. The molecule has 2 aromatic rings. The Morgan fingerprint density at radius 1 is 1.46 bits per heavy atom. The van der Waals surface area contributed by atoms with E-state index in [1.165, 1.54) is 0 Å². The number of hydrogen-bond donors (Lipinski definition) is 1. The van der Waals surface area contributed by atoms with Gasteiger partial charge in [0.15, 0.2) is 0 Å². The van der Waals surface area contributed by atoms with E-state index in [-0.39, 0.29) is 0 Å². The number of hydrogen-bond acceptors (Lipinski definition) is 4. The smallest absolute Gasteiger partial charge is 0.407 e. The Balaban J connectivity index is 1.94. The number of carbonyl (C=O) groups excluding carboxylic acids is 1. The maximum atomic E-state index is 11.6. The number of amides is 1. The highest BCUT2D eigenvalue weighted by Crippen LogP contribution is 2.28. The lowest BCUT2D eigenvalue weighted by molar-refractivity contribution is 0.0525. The number of aromatic nitrogens is 2. The highest BCUT2D eigenvalue weighted by molar-refractivity contribution is 6.33. The first-order chi connectivity index (χ1) is 11.3. The van der Waals surface area contributed by atoms with Gasteiger partial charge in [-0.05, 0) is 32.9 Å². The summed E-state index contributed by atoms with van der Waals surface area (Å²) >= 11 is 6.20. The summed E-state index contributed by atoms with van der Waals surface area (Å²) in [5.74, 6) is 0. The number of alkyl carbamates (subject to hydrolysis) is 1. The van der Waals surface area contributed by atoms with Gasteiger partial charge in [-0.25, -0.2) is 4.79 Å². The molecule has 1 heterocycles. The van der Waals surface area contributed by atoms with E-state index in [0.29, 0.717) is 23.7 Å². The molecule has 2 rings (SSSR count). The number of ether oxygens (including phenoxy) is 1. The zero-order valence-corrected chi connectivity index (χ0v) is 14.6. The van der Waals surface area contributed by atoms with Crippen molar-refractivity contribution in [2.75, 3.05) is 6.54 Å². The number of nitrogens with one attached hydrogen (secondary N) is 1. The van der Waals surface area contributed by atoms with E-state index in [1.807, 2.05) is 33.0 Å². The average molecular weight is 347 g/mol. The fourth-order valence-corrected chi connectivity index (χ4v) is 2.32. The second-order valence-corrected chi connectivity index (χ2v) is 6.63. The van der Waals surface area contributed by atoms with Crippen molar-refractivity contribution in [3.05, 3.63) is 41.2 Å². The van der Waals surface area contributed by atoms with Crippen molar-refractivity contribution in [1.82, 2.24) is 15.1 Å². The molecule has 24 heavy (non-hydrogen) atoms. The Labute approximate surface area is 146 Å². The number of rotatable bonds is 4. The monoisotopic (exact) mass is 346 g/mol. The fourth-order valence-electron chi connectivity index (χ4n) is 2.03. The summed E-state index contributed by atoms with van der Waals surface area (Å²) in [6, 6.07) is 7.18. The number of nitriles is 1. The van der Waals surface area contributed by atoms with E-state index < -0.39 is 11.7 Å². The van der Waals surface area contributed by atoms with Gasteiger partial charge >= 0.3 is 6.09 Å². The first-order valence-corrected chi connectivity index (χ1v) is 7.85. The maximum absolute atomic E-state index is 11.6. The fraction of sp³-hybridized carbons (Fsp3) is 0.353. The molecule has 1 N–H and O–H groups in total. The van der Waals surface area contributed by atoms with Crippen LogP contribution in [-0.2, 0) is 11.3 Å². The first-order valence-electron chi connectivity index (χ1n) is 7.48. The molecule has 1 aromatic carbocycles. The van der Waals surface area contributed by atoms with Crippen LogP contribution in [0.15, 0.2) is 30.6 Å². The van der Waals surface area contributed by atoms with Crippen LogP contribution in [0, 0.1) is 11.3 Å². The summed E-state index contributed by atoms with van der Waals surface area (Å²) in [4.78, 5) is 11.6. The van der Waals surface area contributed by atoms with Gasteiger partial charge in [0.2, 0.25) is 0 Å². The summed E-state index contributed by atoms with van der Waals surface area (Å²) in [6.07, 6.45) is 3.08. The molecule has 0 atom stereocenters. The predicted octanol–water partition coefficient (Wildman–Crippen LogP) is 3.60. The van der Waals surface area contributed by atoms with E-state index in [9.17, 15) is 4.79 Å². The Morgan fingerprint density at radius 2 is 2.21 bits per heavy atom. The number of nitrogens with zero attached hydrogens (tertiary/aromatic N) is 3. The standard InChI is InChI=1S/C17H19ClN4O2/c1-17(2,3)24-16(23)20-6-7-22-11-13(10-21-22)14-5-4-12(9-19)8-15(14)18/h4-5,8,10-11H,6-7H2,1-3H3,(H,20,23). The van der Waals surface area contributed by atoms with Crippen LogP contribution >= 0.6 is 11.6 Å². The van der Waals surface area contributed by atoms with E-state index >= 15 is 0 Å². The van der Waals surface area contributed by atoms with Gasteiger partial charge in [0.25, 0.3) is 0 Å². The number of halogens is 1. The molecule has 0 unspecified atom stereocenters. The summed E-state index contributed by atoms with van der Waals surface area (Å²) in [7, 11) is 0. The Bertz CT molecular complexity index is 772. The molecular weight excluding hydrogens is 328 g/mol. The largest absolute Gasteiger partial charge is 0.444 e. The van der Waals surface area contributed by atoms with Crippen molar-refractivity contribution in [2.45, 2.75) is 32.9 Å². The minimum absolute atomic E-state index is 0.400. The molecule has 0 fully saturated rings. The van der Waals surface area contributed by atoms with Gasteiger partial charge in [0, 0.05) is 28.9 Å². The van der Waals surface area contributed by atoms with Crippen LogP contribution in [0.25, 0.3) is 11.1 Å². The van der Waals surface area contributed by atoms with Gasteiger partial charge in [-0.1, -0.05) is 17.7 Å². The number of benzene rings is 1. The SMILES string of the molecule is CC(C)(C)OC(=O)NCCn1cc(-c2ccc(C#N)cc2Cl)cn1. The molecule has 0 bridgehead atoms. The van der Waals surface area contributed by atoms with Crippen LogP contribution in [0.4, 0.5) is 4.79 Å². The Hall–Kier alpha value is -2.52. The molecular formula is C17H19ClN4O2. The van der Waals surface area contributed by atoms with Crippen molar-refractivity contribution in [1.29, 1.82) is 5.26 Å². The molecule has 1 amide bonds. The predicted molar refractivity (Wildman–Crippen MR) is 91.6 cm³/mol. The normalized spacial score (nSPS) is 11.0. The van der Waals surface area contributed by atoms with Crippen molar-refractivity contribution >= 4 is 17.7 Å². The topological polar surface area (TPSA) is 79.9 Å². The van der Waals surface area contributed by atoms with E-state index in [0.717, 1.165) is 11.1 Å². The van der Waals surface area contributed by atoms with Crippen LogP contribution in [0.3, 0.4) is 0 Å². The summed E-state index contributed by atoms with van der Waals surface area (Å²) in [6.45, 7) is 6.35. The zero-order chi connectivity index (χ0) is 17.7. The molecule has 7 heteroatoms. The van der Waals surface area contributed by atoms with Crippen LogP contribution in [0.5, 0.6) is 0 Å². The molecule has 126 valence electrons. The molecule has 6 nitrogen and oxygen atoms in total.